The van der Waals surface area contributed by atoms with E-state index in [0.717, 1.165) is 12.0 Å². The van der Waals surface area contributed by atoms with Crippen LogP contribution in [0, 0.1) is 0 Å². The number of pyridine rings is 1. The van der Waals surface area contributed by atoms with Crippen LogP contribution in [0.1, 0.15) is 23.0 Å². The van der Waals surface area contributed by atoms with E-state index in [2.05, 4.69) is 21.2 Å². The number of rotatable bonds is 7. The second-order valence-corrected chi connectivity index (χ2v) is 5.86. The van der Waals surface area contributed by atoms with Crippen molar-refractivity contribution in [3.63, 3.8) is 0 Å². The van der Waals surface area contributed by atoms with Crippen molar-refractivity contribution in [3.05, 3.63) is 58.9 Å². The van der Waals surface area contributed by atoms with Crippen LogP contribution in [0.2, 0.25) is 5.02 Å². The smallest absolute Gasteiger partial charge is 0.276 e. The van der Waals surface area contributed by atoms with Crippen LogP contribution < -0.4 is 20.9 Å². The van der Waals surface area contributed by atoms with Gasteiger partial charge in [-0.2, -0.15) is 0 Å². The Labute approximate surface area is 161 Å². The number of nitrogens with one attached hydrogen (secondary N) is 3. The van der Waals surface area contributed by atoms with E-state index in [0.29, 0.717) is 10.8 Å². The van der Waals surface area contributed by atoms with E-state index < -0.39 is 17.7 Å². The molecule has 0 unspecified atom stereocenters. The fourth-order valence-electron chi connectivity index (χ4n) is 1.97. The molecule has 0 aliphatic heterocycles. The second kappa shape index (κ2) is 10.1. The van der Waals surface area contributed by atoms with Crippen molar-refractivity contribution in [1.82, 2.24) is 21.2 Å². The highest BCUT2D eigenvalue weighted by atomic mass is 35.5. The number of nitrogens with zero attached hydrogens (tertiary/aromatic N) is 1. The van der Waals surface area contributed by atoms with Crippen molar-refractivity contribution in [2.45, 2.75) is 13.3 Å². The molecule has 1 aromatic heterocycles. The molecule has 0 radical (unpaired) electrons. The van der Waals surface area contributed by atoms with E-state index in [4.69, 9.17) is 16.3 Å². The molecule has 9 heteroatoms. The average molecular weight is 391 g/mol. The van der Waals surface area contributed by atoms with Crippen LogP contribution in [0.25, 0.3) is 0 Å². The number of amides is 3. The highest BCUT2D eigenvalue weighted by Crippen LogP contribution is 2.12. The number of hydrogen-bond acceptors (Lipinski definition) is 5. The van der Waals surface area contributed by atoms with Crippen LogP contribution in [0.5, 0.6) is 5.75 Å². The lowest BCUT2D eigenvalue weighted by Crippen LogP contribution is -2.47. The summed E-state index contributed by atoms with van der Waals surface area (Å²) in [5, 5.41) is 2.72. The number of aromatic nitrogens is 1. The molecule has 2 aromatic rings. The number of hydrogen-bond donors (Lipinski definition) is 3. The van der Waals surface area contributed by atoms with Gasteiger partial charge in [0.1, 0.15) is 11.4 Å². The van der Waals surface area contributed by atoms with Gasteiger partial charge in [0, 0.05) is 11.2 Å². The maximum atomic E-state index is 11.8. The number of hydrazine groups is 1. The fraction of sp³-hybridized carbons (Fsp3) is 0.222. The topological polar surface area (TPSA) is 109 Å². The zero-order valence-corrected chi connectivity index (χ0v) is 15.4. The molecule has 3 amide bonds. The quantitative estimate of drug-likeness (QED) is 0.616. The molecule has 0 spiro atoms. The van der Waals surface area contributed by atoms with Crippen molar-refractivity contribution in [2.24, 2.45) is 0 Å². The molecule has 0 aliphatic carbocycles. The molecule has 0 saturated carbocycles. The molecular formula is C18H19ClN4O4. The first kappa shape index (κ1) is 20.2. The van der Waals surface area contributed by atoms with E-state index in [-0.39, 0.29) is 18.8 Å². The molecule has 0 saturated heterocycles. The third kappa shape index (κ3) is 6.95. The Bertz CT molecular complexity index is 811. The van der Waals surface area contributed by atoms with Crippen LogP contribution in [0.4, 0.5) is 0 Å². The summed E-state index contributed by atoms with van der Waals surface area (Å²) in [6.45, 7) is 1.44. The first-order chi connectivity index (χ1) is 13.0. The van der Waals surface area contributed by atoms with Crippen LogP contribution in [0.15, 0.2) is 42.6 Å². The molecule has 8 nitrogen and oxygen atoms in total. The highest BCUT2D eigenvalue weighted by Gasteiger charge is 2.10. The Hall–Kier alpha value is -3.13. The van der Waals surface area contributed by atoms with Gasteiger partial charge in [0.15, 0.2) is 6.61 Å². The van der Waals surface area contributed by atoms with E-state index in [9.17, 15) is 14.4 Å². The Balaban J connectivity index is 1.66. The van der Waals surface area contributed by atoms with Crippen molar-refractivity contribution >= 4 is 29.3 Å². The fourth-order valence-corrected chi connectivity index (χ4v) is 2.13. The van der Waals surface area contributed by atoms with Gasteiger partial charge in [0.25, 0.3) is 17.7 Å². The first-order valence-corrected chi connectivity index (χ1v) is 8.55. The van der Waals surface area contributed by atoms with Gasteiger partial charge < -0.3 is 10.1 Å². The lowest BCUT2D eigenvalue weighted by molar-refractivity contribution is -0.129. The Morgan fingerprint density at radius 2 is 1.78 bits per heavy atom. The SMILES string of the molecule is CCc1ccc(OCC(=O)NNC(=O)CNC(=O)c2cc(Cl)ccn2)cc1. The molecule has 1 aromatic carbocycles. The van der Waals surface area contributed by atoms with Gasteiger partial charge in [0.05, 0.1) is 6.54 Å². The molecule has 3 N–H and O–H groups in total. The molecular weight excluding hydrogens is 372 g/mol. The molecule has 0 bridgehead atoms. The lowest BCUT2D eigenvalue weighted by Gasteiger charge is -2.09. The van der Waals surface area contributed by atoms with Crippen molar-refractivity contribution in [3.8, 4) is 5.75 Å². The van der Waals surface area contributed by atoms with Crippen molar-refractivity contribution in [1.29, 1.82) is 0 Å². The van der Waals surface area contributed by atoms with Gasteiger partial charge in [-0.05, 0) is 36.2 Å². The second-order valence-electron chi connectivity index (χ2n) is 5.42. The third-order valence-electron chi connectivity index (χ3n) is 3.41. The molecule has 0 fully saturated rings. The summed E-state index contributed by atoms with van der Waals surface area (Å²) in [5.74, 6) is -1.15. The van der Waals surface area contributed by atoms with Crippen LogP contribution in [-0.4, -0.2) is 35.9 Å². The Morgan fingerprint density at radius 1 is 1.07 bits per heavy atom. The zero-order valence-electron chi connectivity index (χ0n) is 14.6. The summed E-state index contributed by atoms with van der Waals surface area (Å²) in [4.78, 5) is 39.0. The number of carbonyl (C=O) groups excluding carboxylic acids is 3. The number of ether oxygens (including phenoxy) is 1. The minimum absolute atomic E-state index is 0.0850. The average Bonchev–Trinajstić information content (AvgIpc) is 2.69. The van der Waals surface area contributed by atoms with E-state index in [1.807, 2.05) is 19.1 Å². The lowest BCUT2D eigenvalue weighted by atomic mass is 10.2. The maximum Gasteiger partial charge on any atom is 0.276 e. The highest BCUT2D eigenvalue weighted by molar-refractivity contribution is 6.30. The monoisotopic (exact) mass is 390 g/mol. The summed E-state index contributed by atoms with van der Waals surface area (Å²) >= 11 is 5.77. The van der Waals surface area contributed by atoms with Crippen LogP contribution in [0.3, 0.4) is 0 Å². The van der Waals surface area contributed by atoms with E-state index in [1.165, 1.54) is 18.3 Å². The molecule has 1 heterocycles. The molecule has 2 rings (SSSR count). The van der Waals surface area contributed by atoms with Crippen molar-refractivity contribution < 1.29 is 19.1 Å². The zero-order chi connectivity index (χ0) is 19.6. The summed E-state index contributed by atoms with van der Waals surface area (Å²) in [7, 11) is 0. The Morgan fingerprint density at radius 3 is 2.44 bits per heavy atom. The van der Waals surface area contributed by atoms with Gasteiger partial charge in [-0.25, -0.2) is 0 Å². The molecule has 142 valence electrons. The van der Waals surface area contributed by atoms with Crippen LogP contribution in [-0.2, 0) is 16.0 Å². The predicted molar refractivity (Wildman–Crippen MR) is 99.2 cm³/mol. The van der Waals surface area contributed by atoms with Gasteiger partial charge in [-0.15, -0.1) is 0 Å². The van der Waals surface area contributed by atoms with Gasteiger partial charge in [0.2, 0.25) is 0 Å². The first-order valence-electron chi connectivity index (χ1n) is 8.17. The van der Waals surface area contributed by atoms with Gasteiger partial charge in [-0.1, -0.05) is 30.7 Å². The standard InChI is InChI=1S/C18H19ClN4O4/c1-2-12-3-5-14(6-4-12)27-11-17(25)23-22-16(24)10-21-18(26)15-9-13(19)7-8-20-15/h3-9H,2,10-11H2,1H3,(H,21,26)(H,22,24)(H,23,25). The molecule has 0 atom stereocenters. The minimum atomic E-state index is -0.606. The van der Waals surface area contributed by atoms with Crippen molar-refractivity contribution in [2.75, 3.05) is 13.2 Å². The molecule has 0 aliphatic rings. The number of halogens is 1. The maximum absolute atomic E-state index is 11.8. The van der Waals surface area contributed by atoms with Gasteiger partial charge >= 0.3 is 0 Å². The summed E-state index contributed by atoms with van der Waals surface area (Å²) in [6.07, 6.45) is 2.30. The predicted octanol–water partition coefficient (Wildman–Crippen LogP) is 1.25. The summed E-state index contributed by atoms with van der Waals surface area (Å²) in [6, 6.07) is 10.3. The van der Waals surface area contributed by atoms with Crippen LogP contribution >= 0.6 is 11.6 Å². The van der Waals surface area contributed by atoms with E-state index >= 15 is 0 Å². The summed E-state index contributed by atoms with van der Waals surface area (Å²) in [5.41, 5.74) is 5.62. The van der Waals surface area contributed by atoms with Gasteiger partial charge in [-0.3, -0.25) is 30.2 Å². The Kier molecular flexibility index (Phi) is 7.57. The largest absolute Gasteiger partial charge is 0.484 e. The number of aryl methyl sites for hydroxylation is 1. The number of benzene rings is 1. The van der Waals surface area contributed by atoms with E-state index in [1.54, 1.807) is 12.1 Å². The minimum Gasteiger partial charge on any atom is -0.484 e. The molecule has 27 heavy (non-hydrogen) atoms. The normalized spacial score (nSPS) is 10.0. The third-order valence-corrected chi connectivity index (χ3v) is 3.64. The summed E-state index contributed by atoms with van der Waals surface area (Å²) < 4.78 is 5.31. The number of carbonyl (C=O) groups is 3.